The van der Waals surface area contributed by atoms with Crippen LogP contribution in [0.2, 0.25) is 0 Å². The molecule has 1 heterocycles. The van der Waals surface area contributed by atoms with Crippen molar-refractivity contribution in [1.29, 1.82) is 0 Å². The SMILES string of the molecule is Cc1ccc(-c2cc(C(F)(F)F)n(-c3ccc(S)cc3)n2)cc1. The van der Waals surface area contributed by atoms with Gasteiger partial charge in [0.1, 0.15) is 5.69 Å². The van der Waals surface area contributed by atoms with Crippen molar-refractivity contribution in [3.05, 3.63) is 65.9 Å². The van der Waals surface area contributed by atoms with Gasteiger partial charge in [-0.3, -0.25) is 0 Å². The summed E-state index contributed by atoms with van der Waals surface area (Å²) in [7, 11) is 0. The van der Waals surface area contributed by atoms with Crippen LogP contribution in [0.4, 0.5) is 13.2 Å². The van der Waals surface area contributed by atoms with Crippen LogP contribution in [0.15, 0.2) is 59.5 Å². The van der Waals surface area contributed by atoms with E-state index in [1.807, 2.05) is 19.1 Å². The predicted octanol–water partition coefficient (Wildman–Crippen LogP) is 5.16. The maximum Gasteiger partial charge on any atom is 0.433 e. The summed E-state index contributed by atoms with van der Waals surface area (Å²) in [5, 5.41) is 4.15. The van der Waals surface area contributed by atoms with Gasteiger partial charge in [0.05, 0.1) is 11.4 Å². The highest BCUT2D eigenvalue weighted by Crippen LogP contribution is 2.34. The van der Waals surface area contributed by atoms with Crippen LogP contribution in [0.3, 0.4) is 0 Å². The second-order valence-corrected chi connectivity index (χ2v) is 5.72. The topological polar surface area (TPSA) is 17.8 Å². The molecule has 0 saturated heterocycles. The summed E-state index contributed by atoms with van der Waals surface area (Å²) in [6.45, 7) is 1.92. The van der Waals surface area contributed by atoms with E-state index in [0.717, 1.165) is 16.3 Å². The molecule has 3 rings (SSSR count). The lowest BCUT2D eigenvalue weighted by molar-refractivity contribution is -0.142. The fourth-order valence-electron chi connectivity index (χ4n) is 2.24. The molecule has 6 heteroatoms. The Kier molecular flexibility index (Phi) is 3.93. The van der Waals surface area contributed by atoms with Crippen molar-refractivity contribution in [3.63, 3.8) is 0 Å². The van der Waals surface area contributed by atoms with Crippen LogP contribution in [0.5, 0.6) is 0 Å². The van der Waals surface area contributed by atoms with E-state index in [1.54, 1.807) is 36.4 Å². The Morgan fingerprint density at radius 3 is 2.13 bits per heavy atom. The molecule has 0 radical (unpaired) electrons. The first-order chi connectivity index (χ1) is 10.8. The molecule has 0 spiro atoms. The van der Waals surface area contributed by atoms with Gasteiger partial charge in [-0.15, -0.1) is 12.6 Å². The Labute approximate surface area is 137 Å². The number of alkyl halides is 3. The summed E-state index contributed by atoms with van der Waals surface area (Å²) in [6.07, 6.45) is -4.49. The third-order valence-corrected chi connectivity index (χ3v) is 3.74. The van der Waals surface area contributed by atoms with Crippen molar-refractivity contribution in [2.45, 2.75) is 18.0 Å². The quantitative estimate of drug-likeness (QED) is 0.641. The number of aromatic nitrogens is 2. The smallest absolute Gasteiger partial charge is 0.228 e. The fraction of sp³-hybridized carbons (Fsp3) is 0.118. The minimum atomic E-state index is -4.49. The van der Waals surface area contributed by atoms with Gasteiger partial charge in [-0.2, -0.15) is 18.3 Å². The van der Waals surface area contributed by atoms with Crippen molar-refractivity contribution >= 4 is 12.6 Å². The molecule has 0 aliphatic rings. The molecule has 0 N–H and O–H groups in total. The van der Waals surface area contributed by atoms with Gasteiger partial charge in [-0.05, 0) is 37.3 Å². The maximum absolute atomic E-state index is 13.3. The van der Waals surface area contributed by atoms with Gasteiger partial charge < -0.3 is 0 Å². The van der Waals surface area contributed by atoms with Gasteiger partial charge in [-0.1, -0.05) is 29.8 Å². The highest BCUT2D eigenvalue weighted by Gasteiger charge is 2.36. The van der Waals surface area contributed by atoms with E-state index in [1.165, 1.54) is 0 Å². The maximum atomic E-state index is 13.3. The zero-order valence-electron chi connectivity index (χ0n) is 12.2. The first-order valence-electron chi connectivity index (χ1n) is 6.88. The molecule has 1 aromatic heterocycles. The molecular formula is C17H13F3N2S. The number of nitrogens with zero attached hydrogens (tertiary/aromatic N) is 2. The van der Waals surface area contributed by atoms with E-state index in [4.69, 9.17) is 0 Å². The molecule has 0 aliphatic carbocycles. The minimum Gasteiger partial charge on any atom is -0.228 e. The lowest BCUT2D eigenvalue weighted by atomic mass is 10.1. The van der Waals surface area contributed by atoms with Crippen LogP contribution < -0.4 is 0 Å². The third kappa shape index (κ3) is 3.27. The Hall–Kier alpha value is -2.21. The Morgan fingerprint density at radius 2 is 1.57 bits per heavy atom. The van der Waals surface area contributed by atoms with E-state index < -0.39 is 11.9 Å². The molecule has 0 fully saturated rings. The monoisotopic (exact) mass is 334 g/mol. The lowest BCUT2D eigenvalue weighted by Gasteiger charge is -2.10. The number of halogens is 3. The van der Waals surface area contributed by atoms with E-state index in [0.29, 0.717) is 16.1 Å². The summed E-state index contributed by atoms with van der Waals surface area (Å²) in [4.78, 5) is 0.674. The third-order valence-electron chi connectivity index (χ3n) is 3.44. The van der Waals surface area contributed by atoms with Crippen molar-refractivity contribution < 1.29 is 13.2 Å². The Balaban J connectivity index is 2.14. The summed E-state index contributed by atoms with van der Waals surface area (Å²) < 4.78 is 40.9. The van der Waals surface area contributed by atoms with E-state index in [9.17, 15) is 13.2 Å². The van der Waals surface area contributed by atoms with Crippen LogP contribution >= 0.6 is 12.6 Å². The number of aryl methyl sites for hydroxylation is 1. The zero-order chi connectivity index (χ0) is 16.6. The second kappa shape index (κ2) is 5.77. The van der Waals surface area contributed by atoms with Gasteiger partial charge >= 0.3 is 6.18 Å². The van der Waals surface area contributed by atoms with Gasteiger partial charge in [0, 0.05) is 10.5 Å². The molecule has 23 heavy (non-hydrogen) atoms. The summed E-state index contributed by atoms with van der Waals surface area (Å²) in [6, 6.07) is 14.7. The Bertz CT molecular complexity index is 819. The zero-order valence-corrected chi connectivity index (χ0v) is 13.1. The van der Waals surface area contributed by atoms with Crippen molar-refractivity contribution in [2.24, 2.45) is 0 Å². The van der Waals surface area contributed by atoms with Crippen molar-refractivity contribution in [3.8, 4) is 16.9 Å². The molecule has 0 aliphatic heterocycles. The summed E-state index contributed by atoms with van der Waals surface area (Å²) in [5.41, 5.74) is 1.50. The highest BCUT2D eigenvalue weighted by molar-refractivity contribution is 7.80. The van der Waals surface area contributed by atoms with E-state index in [-0.39, 0.29) is 5.69 Å². The van der Waals surface area contributed by atoms with Crippen LogP contribution in [0, 0.1) is 6.92 Å². The number of hydrogen-bond acceptors (Lipinski definition) is 2. The number of thiol groups is 1. The first kappa shape index (κ1) is 15.7. The first-order valence-corrected chi connectivity index (χ1v) is 7.33. The predicted molar refractivity (Wildman–Crippen MR) is 86.0 cm³/mol. The van der Waals surface area contributed by atoms with Crippen LogP contribution in [0.25, 0.3) is 16.9 Å². The standard InChI is InChI=1S/C17H13F3N2S/c1-11-2-4-12(5-3-11)15-10-16(17(18,19)20)22(21-15)13-6-8-14(23)9-7-13/h2-10,23H,1H3. The largest absolute Gasteiger partial charge is 0.433 e. The van der Waals surface area contributed by atoms with E-state index >= 15 is 0 Å². The Morgan fingerprint density at radius 1 is 0.957 bits per heavy atom. The molecule has 2 nitrogen and oxygen atoms in total. The molecule has 0 bridgehead atoms. The number of hydrogen-bond donors (Lipinski definition) is 1. The molecule has 0 unspecified atom stereocenters. The number of benzene rings is 2. The molecular weight excluding hydrogens is 321 g/mol. The van der Waals surface area contributed by atoms with Gasteiger partial charge in [0.15, 0.2) is 0 Å². The lowest BCUT2D eigenvalue weighted by Crippen LogP contribution is -2.13. The number of rotatable bonds is 2. The molecule has 0 saturated carbocycles. The molecule has 0 amide bonds. The minimum absolute atomic E-state index is 0.285. The average Bonchev–Trinajstić information content (AvgIpc) is 2.94. The van der Waals surface area contributed by atoms with E-state index in [2.05, 4.69) is 17.7 Å². The van der Waals surface area contributed by atoms with Crippen LogP contribution in [0.1, 0.15) is 11.3 Å². The molecule has 2 aromatic carbocycles. The van der Waals surface area contributed by atoms with Gasteiger partial charge in [-0.25, -0.2) is 4.68 Å². The van der Waals surface area contributed by atoms with Crippen LogP contribution in [-0.4, -0.2) is 9.78 Å². The second-order valence-electron chi connectivity index (χ2n) is 5.21. The molecule has 0 atom stereocenters. The van der Waals surface area contributed by atoms with Gasteiger partial charge in [0.2, 0.25) is 0 Å². The van der Waals surface area contributed by atoms with Crippen molar-refractivity contribution in [1.82, 2.24) is 9.78 Å². The normalized spacial score (nSPS) is 11.7. The summed E-state index contributed by atoms with van der Waals surface area (Å²) >= 11 is 4.15. The summed E-state index contributed by atoms with van der Waals surface area (Å²) in [5.74, 6) is 0. The average molecular weight is 334 g/mol. The van der Waals surface area contributed by atoms with Crippen molar-refractivity contribution in [2.75, 3.05) is 0 Å². The molecule has 118 valence electrons. The molecule has 3 aromatic rings. The highest BCUT2D eigenvalue weighted by atomic mass is 32.1. The fourth-order valence-corrected chi connectivity index (χ4v) is 2.39. The van der Waals surface area contributed by atoms with Gasteiger partial charge in [0.25, 0.3) is 0 Å². The van der Waals surface area contributed by atoms with Crippen LogP contribution in [-0.2, 0) is 6.18 Å².